The molecule has 1 N–H and O–H groups in total. The van der Waals surface area contributed by atoms with E-state index in [-0.39, 0.29) is 6.61 Å². The van der Waals surface area contributed by atoms with Crippen LogP contribution in [-0.4, -0.2) is 34.8 Å². The molecule has 4 heteroatoms. The molecule has 0 saturated carbocycles. The van der Waals surface area contributed by atoms with Crippen molar-refractivity contribution in [2.24, 2.45) is 5.92 Å². The van der Waals surface area contributed by atoms with Gasteiger partial charge in [0.05, 0.1) is 0 Å². The summed E-state index contributed by atoms with van der Waals surface area (Å²) in [5.41, 5.74) is 0.988. The van der Waals surface area contributed by atoms with Gasteiger partial charge in [0.1, 0.15) is 12.1 Å². The number of hydrogen-bond donors (Lipinski definition) is 1. The molecule has 4 nitrogen and oxygen atoms in total. The quantitative estimate of drug-likeness (QED) is 0.747. The van der Waals surface area contributed by atoms with Crippen LogP contribution in [0.4, 0.5) is 5.82 Å². The molecule has 1 aromatic heterocycles. The molecule has 1 atom stereocenters. The Morgan fingerprint density at radius 1 is 1.57 bits per heavy atom. The van der Waals surface area contributed by atoms with Crippen LogP contribution in [0.1, 0.15) is 12.1 Å². The molecular weight excluding hydrogens is 178 g/mol. The second-order valence-corrected chi connectivity index (χ2v) is 3.80. The van der Waals surface area contributed by atoms with Gasteiger partial charge in [-0.15, -0.1) is 0 Å². The summed E-state index contributed by atoms with van der Waals surface area (Å²) < 4.78 is 0. The molecule has 1 aliphatic rings. The third-order valence-corrected chi connectivity index (χ3v) is 2.66. The minimum Gasteiger partial charge on any atom is -0.396 e. The highest BCUT2D eigenvalue weighted by atomic mass is 16.3. The van der Waals surface area contributed by atoms with Crippen molar-refractivity contribution in [2.75, 3.05) is 24.6 Å². The van der Waals surface area contributed by atoms with E-state index in [1.807, 2.05) is 13.0 Å². The van der Waals surface area contributed by atoms with Gasteiger partial charge in [0.25, 0.3) is 0 Å². The second-order valence-electron chi connectivity index (χ2n) is 3.80. The topological polar surface area (TPSA) is 49.2 Å². The van der Waals surface area contributed by atoms with Crippen molar-refractivity contribution in [1.82, 2.24) is 9.97 Å². The summed E-state index contributed by atoms with van der Waals surface area (Å²) in [7, 11) is 0. The van der Waals surface area contributed by atoms with Crippen molar-refractivity contribution in [1.29, 1.82) is 0 Å². The Morgan fingerprint density at radius 3 is 3.07 bits per heavy atom. The Balaban J connectivity index is 2.09. The van der Waals surface area contributed by atoms with Gasteiger partial charge in [-0.05, 0) is 13.3 Å². The van der Waals surface area contributed by atoms with Crippen LogP contribution in [-0.2, 0) is 0 Å². The van der Waals surface area contributed by atoms with Crippen molar-refractivity contribution in [2.45, 2.75) is 13.3 Å². The molecule has 0 amide bonds. The van der Waals surface area contributed by atoms with E-state index in [0.29, 0.717) is 5.92 Å². The fourth-order valence-electron chi connectivity index (χ4n) is 1.80. The van der Waals surface area contributed by atoms with Gasteiger partial charge in [-0.25, -0.2) is 9.97 Å². The van der Waals surface area contributed by atoms with Crippen LogP contribution >= 0.6 is 0 Å². The lowest BCUT2D eigenvalue weighted by Crippen LogP contribution is -2.21. The Labute approximate surface area is 83.6 Å². The summed E-state index contributed by atoms with van der Waals surface area (Å²) in [6.45, 7) is 4.14. The van der Waals surface area contributed by atoms with Gasteiger partial charge in [0.15, 0.2) is 0 Å². The van der Waals surface area contributed by atoms with Crippen LogP contribution in [0, 0.1) is 12.8 Å². The fourth-order valence-corrected chi connectivity index (χ4v) is 1.80. The van der Waals surface area contributed by atoms with Crippen LogP contribution in [0.5, 0.6) is 0 Å². The number of rotatable bonds is 2. The molecule has 0 spiro atoms. The molecule has 2 heterocycles. The van der Waals surface area contributed by atoms with Gasteiger partial charge in [0, 0.05) is 37.4 Å². The maximum absolute atomic E-state index is 9.03. The summed E-state index contributed by atoms with van der Waals surface area (Å²) >= 11 is 0. The highest BCUT2D eigenvalue weighted by molar-refractivity contribution is 5.39. The smallest absolute Gasteiger partial charge is 0.132 e. The van der Waals surface area contributed by atoms with Crippen LogP contribution in [0.3, 0.4) is 0 Å². The zero-order valence-corrected chi connectivity index (χ0v) is 8.35. The van der Waals surface area contributed by atoms with Crippen molar-refractivity contribution in [3.63, 3.8) is 0 Å². The number of aliphatic hydroxyl groups excluding tert-OH is 1. The van der Waals surface area contributed by atoms with E-state index >= 15 is 0 Å². The fraction of sp³-hybridized carbons (Fsp3) is 0.600. The average molecular weight is 193 g/mol. The monoisotopic (exact) mass is 193 g/mol. The summed E-state index contributed by atoms with van der Waals surface area (Å²) in [6, 6.07) is 1.99. The van der Waals surface area contributed by atoms with Gasteiger partial charge < -0.3 is 10.0 Å². The van der Waals surface area contributed by atoms with E-state index in [0.717, 1.165) is 31.0 Å². The normalized spacial score (nSPS) is 21.6. The first kappa shape index (κ1) is 9.40. The number of aromatic nitrogens is 2. The number of aliphatic hydroxyl groups is 1. The molecule has 0 aromatic carbocycles. The lowest BCUT2D eigenvalue weighted by Gasteiger charge is -2.16. The van der Waals surface area contributed by atoms with E-state index in [2.05, 4.69) is 14.9 Å². The van der Waals surface area contributed by atoms with E-state index < -0.39 is 0 Å². The Kier molecular flexibility index (Phi) is 2.63. The van der Waals surface area contributed by atoms with Crippen molar-refractivity contribution >= 4 is 5.82 Å². The zero-order valence-electron chi connectivity index (χ0n) is 8.35. The molecule has 1 unspecified atom stereocenters. The molecule has 0 aliphatic carbocycles. The average Bonchev–Trinajstić information content (AvgIpc) is 2.66. The summed E-state index contributed by atoms with van der Waals surface area (Å²) in [4.78, 5) is 10.5. The molecule has 1 fully saturated rings. The van der Waals surface area contributed by atoms with Gasteiger partial charge in [0.2, 0.25) is 0 Å². The van der Waals surface area contributed by atoms with E-state index in [9.17, 15) is 0 Å². The number of anilines is 1. The van der Waals surface area contributed by atoms with Gasteiger partial charge >= 0.3 is 0 Å². The highest BCUT2D eigenvalue weighted by Crippen LogP contribution is 2.21. The van der Waals surface area contributed by atoms with Crippen LogP contribution in [0.25, 0.3) is 0 Å². The van der Waals surface area contributed by atoms with Crippen molar-refractivity contribution in [3.05, 3.63) is 18.1 Å². The molecule has 0 radical (unpaired) electrons. The van der Waals surface area contributed by atoms with E-state index in [1.54, 1.807) is 6.33 Å². The Morgan fingerprint density at radius 2 is 2.43 bits per heavy atom. The summed E-state index contributed by atoms with van der Waals surface area (Å²) in [5.74, 6) is 1.39. The maximum Gasteiger partial charge on any atom is 0.132 e. The van der Waals surface area contributed by atoms with E-state index in [1.165, 1.54) is 0 Å². The molecule has 1 aliphatic heterocycles. The zero-order chi connectivity index (χ0) is 9.97. The second kappa shape index (κ2) is 3.92. The molecular formula is C10H15N3O. The predicted molar refractivity (Wildman–Crippen MR) is 54.2 cm³/mol. The summed E-state index contributed by atoms with van der Waals surface area (Å²) in [5, 5.41) is 9.03. The first-order valence-electron chi connectivity index (χ1n) is 4.94. The SMILES string of the molecule is Cc1cc(N2CCC(CO)C2)ncn1. The minimum absolute atomic E-state index is 0.278. The van der Waals surface area contributed by atoms with Gasteiger partial charge in [-0.2, -0.15) is 0 Å². The van der Waals surface area contributed by atoms with E-state index in [4.69, 9.17) is 5.11 Å². The standard InChI is InChI=1S/C10H15N3O/c1-8-4-10(12-7-11-8)13-3-2-9(5-13)6-14/h4,7,9,14H,2-3,5-6H2,1H3. The largest absolute Gasteiger partial charge is 0.396 e. The van der Waals surface area contributed by atoms with Gasteiger partial charge in [-0.1, -0.05) is 0 Å². The predicted octanol–water partition coefficient (Wildman–Crippen LogP) is 0.604. The molecule has 14 heavy (non-hydrogen) atoms. The molecule has 1 aromatic rings. The lowest BCUT2D eigenvalue weighted by atomic mass is 10.1. The maximum atomic E-state index is 9.03. The Bertz CT molecular complexity index is 316. The molecule has 0 bridgehead atoms. The third kappa shape index (κ3) is 1.85. The Hall–Kier alpha value is -1.16. The number of hydrogen-bond acceptors (Lipinski definition) is 4. The van der Waals surface area contributed by atoms with Crippen molar-refractivity contribution < 1.29 is 5.11 Å². The first-order chi connectivity index (χ1) is 6.79. The first-order valence-corrected chi connectivity index (χ1v) is 4.94. The minimum atomic E-state index is 0.278. The van der Waals surface area contributed by atoms with Gasteiger partial charge in [-0.3, -0.25) is 0 Å². The number of nitrogens with zero attached hydrogens (tertiary/aromatic N) is 3. The lowest BCUT2D eigenvalue weighted by molar-refractivity contribution is 0.238. The van der Waals surface area contributed by atoms with Crippen LogP contribution < -0.4 is 4.90 Å². The summed E-state index contributed by atoms with van der Waals surface area (Å²) in [6.07, 6.45) is 2.65. The van der Waals surface area contributed by atoms with Crippen LogP contribution in [0.2, 0.25) is 0 Å². The third-order valence-electron chi connectivity index (χ3n) is 2.66. The number of aryl methyl sites for hydroxylation is 1. The highest BCUT2D eigenvalue weighted by Gasteiger charge is 2.22. The molecule has 2 rings (SSSR count). The molecule has 76 valence electrons. The van der Waals surface area contributed by atoms with Crippen LogP contribution in [0.15, 0.2) is 12.4 Å². The van der Waals surface area contributed by atoms with Crippen molar-refractivity contribution in [3.8, 4) is 0 Å². The molecule has 1 saturated heterocycles.